The second-order valence-corrected chi connectivity index (χ2v) is 6.96. The van der Waals surface area contributed by atoms with Crippen molar-refractivity contribution in [3.63, 3.8) is 0 Å². The van der Waals surface area contributed by atoms with Crippen LogP contribution in [0.3, 0.4) is 0 Å². The maximum atomic E-state index is 14.6. The van der Waals surface area contributed by atoms with Crippen molar-refractivity contribution >= 4 is 40.6 Å². The van der Waals surface area contributed by atoms with Gasteiger partial charge in [0.05, 0.1) is 12.7 Å². The summed E-state index contributed by atoms with van der Waals surface area (Å²) in [6, 6.07) is 14.8. The van der Waals surface area contributed by atoms with Crippen molar-refractivity contribution in [2.24, 2.45) is 5.73 Å². The average Bonchev–Trinajstić information content (AvgIpc) is 2.84. The van der Waals surface area contributed by atoms with Crippen LogP contribution in [0.2, 0.25) is 0 Å². The Labute approximate surface area is 176 Å². The van der Waals surface area contributed by atoms with Crippen LogP contribution in [0.4, 0.5) is 37.6 Å². The highest BCUT2D eigenvalue weighted by atomic mass is 19.3. The Kier molecular flexibility index (Phi) is 4.97. The van der Waals surface area contributed by atoms with E-state index >= 15 is 0 Å². The third kappa shape index (κ3) is 3.87. The fourth-order valence-corrected chi connectivity index (χ4v) is 3.23. The Morgan fingerprint density at radius 1 is 1.13 bits per heavy atom. The standard InChI is InChI=1S/C21H18F2N6O2/c1-28-16-11-25-20(26-14-9-7-13(8-10-14)17(24)30)27-18(16)29(12-21(22,23)19(28)31)15-5-3-2-4-6-15/h2-11H,12H2,1H3,(H2,24,30)(H,25,26,27). The van der Waals surface area contributed by atoms with Crippen LogP contribution in [0.1, 0.15) is 10.4 Å². The van der Waals surface area contributed by atoms with Crippen LogP contribution in [0.5, 0.6) is 0 Å². The first-order valence-electron chi connectivity index (χ1n) is 9.29. The SMILES string of the molecule is CN1C(=O)C(F)(F)CN(c2ccccc2)c2nc(Nc3ccc(C(N)=O)cc3)ncc21. The summed E-state index contributed by atoms with van der Waals surface area (Å²) < 4.78 is 29.3. The van der Waals surface area contributed by atoms with E-state index < -0.39 is 24.3 Å². The molecule has 0 radical (unpaired) electrons. The lowest BCUT2D eigenvalue weighted by Gasteiger charge is -2.25. The van der Waals surface area contributed by atoms with Crippen molar-refractivity contribution in [2.75, 3.05) is 28.7 Å². The first kappa shape index (κ1) is 20.2. The number of benzene rings is 2. The molecule has 0 bridgehead atoms. The van der Waals surface area contributed by atoms with Gasteiger partial charge in [-0.05, 0) is 36.4 Å². The fraction of sp³-hybridized carbons (Fsp3) is 0.143. The molecule has 3 aromatic rings. The van der Waals surface area contributed by atoms with Gasteiger partial charge in [-0.25, -0.2) is 4.98 Å². The van der Waals surface area contributed by atoms with Gasteiger partial charge in [0.25, 0.3) is 5.91 Å². The predicted molar refractivity (Wildman–Crippen MR) is 112 cm³/mol. The van der Waals surface area contributed by atoms with Gasteiger partial charge >= 0.3 is 5.92 Å². The molecule has 0 fully saturated rings. The van der Waals surface area contributed by atoms with E-state index in [-0.39, 0.29) is 17.5 Å². The number of hydrogen-bond donors (Lipinski definition) is 2. The molecule has 158 valence electrons. The van der Waals surface area contributed by atoms with Crippen LogP contribution in [0.25, 0.3) is 0 Å². The maximum absolute atomic E-state index is 14.6. The van der Waals surface area contributed by atoms with Gasteiger partial charge in [0, 0.05) is 24.0 Å². The molecule has 1 aliphatic heterocycles. The van der Waals surface area contributed by atoms with Gasteiger partial charge < -0.3 is 20.9 Å². The number of amides is 2. The zero-order valence-corrected chi connectivity index (χ0v) is 16.4. The summed E-state index contributed by atoms with van der Waals surface area (Å²) in [5, 5.41) is 2.97. The Hall–Kier alpha value is -4.08. The smallest absolute Gasteiger partial charge is 0.342 e. The zero-order valence-electron chi connectivity index (χ0n) is 16.4. The molecule has 0 saturated carbocycles. The number of alkyl halides is 2. The Morgan fingerprint density at radius 3 is 2.45 bits per heavy atom. The van der Waals surface area contributed by atoms with Crippen LogP contribution in [-0.4, -0.2) is 41.3 Å². The second-order valence-electron chi connectivity index (χ2n) is 6.96. The van der Waals surface area contributed by atoms with E-state index in [4.69, 9.17) is 5.73 Å². The number of rotatable bonds is 4. The van der Waals surface area contributed by atoms with Crippen molar-refractivity contribution in [1.29, 1.82) is 0 Å². The minimum Gasteiger partial charge on any atom is -0.366 e. The highest BCUT2D eigenvalue weighted by Gasteiger charge is 2.47. The zero-order chi connectivity index (χ0) is 22.2. The molecule has 2 heterocycles. The number of anilines is 5. The first-order valence-corrected chi connectivity index (χ1v) is 9.29. The molecule has 2 amide bonds. The molecule has 0 atom stereocenters. The molecule has 3 N–H and O–H groups in total. The Bertz CT molecular complexity index is 1140. The van der Waals surface area contributed by atoms with Crippen LogP contribution in [0.15, 0.2) is 60.8 Å². The quantitative estimate of drug-likeness (QED) is 0.667. The average molecular weight is 424 g/mol. The summed E-state index contributed by atoms with van der Waals surface area (Å²) >= 11 is 0. The number of carbonyl (C=O) groups excluding carboxylic acids is 2. The molecule has 0 unspecified atom stereocenters. The van der Waals surface area contributed by atoms with E-state index in [1.165, 1.54) is 30.3 Å². The Balaban J connectivity index is 1.76. The molecule has 10 heteroatoms. The fourth-order valence-electron chi connectivity index (χ4n) is 3.23. The Morgan fingerprint density at radius 2 is 1.81 bits per heavy atom. The lowest BCUT2D eigenvalue weighted by atomic mass is 10.2. The summed E-state index contributed by atoms with van der Waals surface area (Å²) in [4.78, 5) is 34.3. The number of fused-ring (bicyclic) bond motifs is 1. The van der Waals surface area contributed by atoms with E-state index in [0.29, 0.717) is 16.9 Å². The maximum Gasteiger partial charge on any atom is 0.342 e. The number of nitrogens with one attached hydrogen (secondary N) is 1. The largest absolute Gasteiger partial charge is 0.366 e. The van der Waals surface area contributed by atoms with Gasteiger partial charge in [-0.2, -0.15) is 13.8 Å². The number of nitrogens with zero attached hydrogens (tertiary/aromatic N) is 4. The van der Waals surface area contributed by atoms with Gasteiger partial charge in [-0.3, -0.25) is 9.59 Å². The summed E-state index contributed by atoms with van der Waals surface area (Å²) in [6.07, 6.45) is 1.32. The number of hydrogen-bond acceptors (Lipinski definition) is 6. The summed E-state index contributed by atoms with van der Waals surface area (Å²) in [6.45, 7) is -0.864. The topological polar surface area (TPSA) is 104 Å². The molecule has 8 nitrogen and oxygen atoms in total. The van der Waals surface area contributed by atoms with E-state index in [2.05, 4.69) is 15.3 Å². The molecule has 31 heavy (non-hydrogen) atoms. The van der Waals surface area contributed by atoms with Gasteiger partial charge in [0.2, 0.25) is 11.9 Å². The third-order valence-corrected chi connectivity index (χ3v) is 4.83. The van der Waals surface area contributed by atoms with Crippen LogP contribution in [0, 0.1) is 0 Å². The van der Waals surface area contributed by atoms with Crippen molar-refractivity contribution < 1.29 is 18.4 Å². The number of aromatic nitrogens is 2. The number of para-hydroxylation sites is 1. The molecule has 0 spiro atoms. The van der Waals surface area contributed by atoms with Crippen molar-refractivity contribution in [2.45, 2.75) is 5.92 Å². The number of halogens is 2. The minimum absolute atomic E-state index is 0.137. The van der Waals surface area contributed by atoms with Crippen LogP contribution in [-0.2, 0) is 4.79 Å². The van der Waals surface area contributed by atoms with Crippen molar-refractivity contribution in [3.8, 4) is 0 Å². The lowest BCUT2D eigenvalue weighted by molar-refractivity contribution is -0.140. The minimum atomic E-state index is -3.62. The normalized spacial score (nSPS) is 15.3. The molecular formula is C21H18F2N6O2. The summed E-state index contributed by atoms with van der Waals surface area (Å²) in [5.41, 5.74) is 6.76. The van der Waals surface area contributed by atoms with Crippen molar-refractivity contribution in [1.82, 2.24) is 9.97 Å². The second kappa shape index (κ2) is 7.63. The van der Waals surface area contributed by atoms with E-state index in [9.17, 15) is 18.4 Å². The van der Waals surface area contributed by atoms with Gasteiger partial charge in [-0.15, -0.1) is 0 Å². The van der Waals surface area contributed by atoms with Gasteiger partial charge in [0.1, 0.15) is 5.69 Å². The summed E-state index contributed by atoms with van der Waals surface area (Å²) in [7, 11) is 1.27. The number of carbonyl (C=O) groups is 2. The highest BCUT2D eigenvalue weighted by Crippen LogP contribution is 2.39. The van der Waals surface area contributed by atoms with Crippen molar-refractivity contribution in [3.05, 3.63) is 66.4 Å². The van der Waals surface area contributed by atoms with Gasteiger partial charge in [0.15, 0.2) is 5.82 Å². The molecular weight excluding hydrogens is 406 g/mol. The molecule has 1 aliphatic rings. The molecule has 4 rings (SSSR count). The monoisotopic (exact) mass is 424 g/mol. The van der Waals surface area contributed by atoms with E-state index in [0.717, 1.165) is 4.90 Å². The predicted octanol–water partition coefficient (Wildman–Crippen LogP) is 3.07. The molecule has 0 aliphatic carbocycles. The third-order valence-electron chi connectivity index (χ3n) is 4.83. The summed E-state index contributed by atoms with van der Waals surface area (Å²) in [5.74, 6) is -5.22. The highest BCUT2D eigenvalue weighted by molar-refractivity contribution is 6.02. The number of primary amides is 1. The van der Waals surface area contributed by atoms with Gasteiger partial charge in [-0.1, -0.05) is 18.2 Å². The molecule has 1 aromatic heterocycles. The first-order chi connectivity index (χ1) is 14.8. The molecule has 2 aromatic carbocycles. The van der Waals surface area contributed by atoms with E-state index in [1.807, 2.05) is 0 Å². The molecule has 0 saturated heterocycles. The lowest BCUT2D eigenvalue weighted by Crippen LogP contribution is -2.45. The van der Waals surface area contributed by atoms with Crippen LogP contribution >= 0.6 is 0 Å². The number of nitrogens with two attached hydrogens (primary N) is 1. The van der Waals surface area contributed by atoms with E-state index in [1.54, 1.807) is 42.5 Å². The van der Waals surface area contributed by atoms with Crippen LogP contribution < -0.4 is 20.9 Å².